The minimum atomic E-state index is -3.45. The third kappa shape index (κ3) is 6.04. The zero-order chi connectivity index (χ0) is 24.0. The monoisotopic (exact) mass is 483 g/mol. The van der Waals surface area contributed by atoms with Crippen molar-refractivity contribution in [3.63, 3.8) is 0 Å². The summed E-state index contributed by atoms with van der Waals surface area (Å²) in [5.74, 6) is 0.105. The van der Waals surface area contributed by atoms with Crippen molar-refractivity contribution in [1.82, 2.24) is 9.62 Å². The molecule has 0 aromatic heterocycles. The van der Waals surface area contributed by atoms with Gasteiger partial charge >= 0.3 is 0 Å². The van der Waals surface area contributed by atoms with E-state index in [2.05, 4.69) is 5.32 Å². The highest BCUT2D eigenvalue weighted by Gasteiger charge is 2.25. The largest absolute Gasteiger partial charge is 0.352 e. The lowest BCUT2D eigenvalue weighted by Gasteiger charge is -2.20. The second-order valence-corrected chi connectivity index (χ2v) is 11.0. The van der Waals surface area contributed by atoms with E-state index in [1.165, 1.54) is 0 Å². The Hall–Kier alpha value is -2.71. The van der Waals surface area contributed by atoms with Gasteiger partial charge in [-0.2, -0.15) is 4.31 Å². The van der Waals surface area contributed by atoms with Crippen LogP contribution in [-0.2, 0) is 32.6 Å². The van der Waals surface area contributed by atoms with Crippen LogP contribution in [0.5, 0.6) is 0 Å². The van der Waals surface area contributed by atoms with Gasteiger partial charge in [-0.25, -0.2) is 8.42 Å². The lowest BCUT2D eigenvalue weighted by Crippen LogP contribution is -2.31. The summed E-state index contributed by atoms with van der Waals surface area (Å²) in [7, 11) is -3.45. The molecule has 2 aliphatic rings. The van der Waals surface area contributed by atoms with Gasteiger partial charge in [0.1, 0.15) is 0 Å². The zero-order valence-electron chi connectivity index (χ0n) is 19.5. The van der Waals surface area contributed by atoms with Crippen LogP contribution in [0.25, 0.3) is 0 Å². The van der Waals surface area contributed by atoms with Crippen LogP contribution in [0.4, 0.5) is 5.69 Å². The topological polar surface area (TPSA) is 86.8 Å². The molecule has 2 saturated heterocycles. The molecule has 4 rings (SSSR count). The first-order valence-corrected chi connectivity index (χ1v) is 13.6. The molecule has 0 unspecified atom stereocenters. The molecule has 2 amide bonds. The van der Waals surface area contributed by atoms with Gasteiger partial charge in [-0.05, 0) is 61.1 Å². The zero-order valence-corrected chi connectivity index (χ0v) is 20.4. The number of carbonyl (C=O) groups excluding carboxylic acids is 2. The first-order valence-electron chi connectivity index (χ1n) is 12.2. The fourth-order valence-electron chi connectivity index (χ4n) is 4.52. The summed E-state index contributed by atoms with van der Waals surface area (Å²) in [5, 5.41) is 2.93. The number of carbonyl (C=O) groups is 2. The Labute approximate surface area is 202 Å². The number of rotatable bonds is 8. The van der Waals surface area contributed by atoms with Crippen molar-refractivity contribution < 1.29 is 18.0 Å². The fourth-order valence-corrected chi connectivity index (χ4v) is 6.04. The highest BCUT2D eigenvalue weighted by atomic mass is 32.2. The van der Waals surface area contributed by atoms with Gasteiger partial charge in [0.25, 0.3) is 0 Å². The minimum absolute atomic E-state index is 0.0555. The van der Waals surface area contributed by atoms with Gasteiger partial charge in [-0.15, -0.1) is 0 Å². The second kappa shape index (κ2) is 11.1. The molecular weight excluding hydrogens is 450 g/mol. The van der Waals surface area contributed by atoms with E-state index in [1.807, 2.05) is 24.3 Å². The summed E-state index contributed by atoms with van der Waals surface area (Å²) >= 11 is 0. The summed E-state index contributed by atoms with van der Waals surface area (Å²) in [5.41, 5.74) is 2.82. The van der Waals surface area contributed by atoms with E-state index in [-0.39, 0.29) is 11.8 Å². The van der Waals surface area contributed by atoms with Crippen LogP contribution in [-0.4, -0.2) is 44.2 Å². The van der Waals surface area contributed by atoms with E-state index < -0.39 is 10.0 Å². The maximum Gasteiger partial charge on any atom is 0.243 e. The van der Waals surface area contributed by atoms with Gasteiger partial charge in [0, 0.05) is 44.7 Å². The first-order chi connectivity index (χ1) is 16.4. The summed E-state index contributed by atoms with van der Waals surface area (Å²) in [4.78, 5) is 26.3. The molecule has 2 heterocycles. The summed E-state index contributed by atoms with van der Waals surface area (Å²) in [6.07, 6.45) is 6.37. The van der Waals surface area contributed by atoms with Crippen LogP contribution in [0.1, 0.15) is 56.1 Å². The Morgan fingerprint density at radius 1 is 0.824 bits per heavy atom. The van der Waals surface area contributed by atoms with Crippen LogP contribution in [0.15, 0.2) is 53.4 Å². The van der Waals surface area contributed by atoms with Gasteiger partial charge < -0.3 is 10.2 Å². The molecule has 2 aromatic rings. The molecule has 0 atom stereocenters. The van der Waals surface area contributed by atoms with Gasteiger partial charge in [-0.1, -0.05) is 37.1 Å². The molecule has 0 saturated carbocycles. The molecule has 7 nitrogen and oxygen atoms in total. The number of anilines is 1. The van der Waals surface area contributed by atoms with Crippen LogP contribution in [0, 0.1) is 0 Å². The maximum absolute atomic E-state index is 12.9. The normalized spacial score (nSPS) is 17.5. The minimum Gasteiger partial charge on any atom is -0.352 e. The number of sulfonamides is 1. The van der Waals surface area contributed by atoms with Crippen molar-refractivity contribution >= 4 is 27.5 Å². The summed E-state index contributed by atoms with van der Waals surface area (Å²) < 4.78 is 27.4. The fraction of sp³-hybridized carbons (Fsp3) is 0.462. The van der Waals surface area contributed by atoms with E-state index >= 15 is 0 Å². The summed E-state index contributed by atoms with van der Waals surface area (Å²) in [6.45, 7) is 2.37. The Balaban J connectivity index is 1.24. The third-order valence-electron chi connectivity index (χ3n) is 6.58. The molecule has 0 aliphatic carbocycles. The number of hydrogen-bond donors (Lipinski definition) is 1. The molecule has 2 aromatic carbocycles. The van der Waals surface area contributed by atoms with Crippen molar-refractivity contribution in [3.05, 3.63) is 59.7 Å². The standard InChI is InChI=1S/C26H33N3O4S/c30-25(27-20-22-7-12-23(13-8-22)29-19-5-6-26(29)31)16-11-21-9-14-24(15-10-21)34(32,33)28-17-3-1-2-4-18-28/h7-10,12-15H,1-6,11,16-20H2,(H,27,30). The number of aryl methyl sites for hydroxylation is 1. The number of nitrogens with zero attached hydrogens (tertiary/aromatic N) is 2. The predicted octanol–water partition coefficient (Wildman–Crippen LogP) is 3.63. The molecule has 2 fully saturated rings. The molecule has 182 valence electrons. The number of amides is 2. The molecule has 34 heavy (non-hydrogen) atoms. The van der Waals surface area contributed by atoms with E-state index in [0.29, 0.717) is 43.8 Å². The predicted molar refractivity (Wildman–Crippen MR) is 132 cm³/mol. The lowest BCUT2D eigenvalue weighted by molar-refractivity contribution is -0.121. The molecule has 0 radical (unpaired) electrons. The highest BCUT2D eigenvalue weighted by molar-refractivity contribution is 7.89. The molecule has 2 aliphatic heterocycles. The Kier molecular flexibility index (Phi) is 8.00. The molecule has 1 N–H and O–H groups in total. The van der Waals surface area contributed by atoms with Crippen molar-refractivity contribution in [2.45, 2.75) is 62.8 Å². The Morgan fingerprint density at radius 3 is 2.09 bits per heavy atom. The Bertz CT molecular complexity index is 1090. The number of benzene rings is 2. The quantitative estimate of drug-likeness (QED) is 0.621. The number of hydrogen-bond acceptors (Lipinski definition) is 4. The summed E-state index contributed by atoms with van der Waals surface area (Å²) in [6, 6.07) is 14.6. The molecule has 8 heteroatoms. The second-order valence-electron chi connectivity index (χ2n) is 9.05. The highest BCUT2D eigenvalue weighted by Crippen LogP contribution is 2.22. The molecular formula is C26H33N3O4S. The van der Waals surface area contributed by atoms with Gasteiger partial charge in [0.2, 0.25) is 21.8 Å². The maximum atomic E-state index is 12.9. The van der Waals surface area contributed by atoms with E-state index in [4.69, 9.17) is 0 Å². The van der Waals surface area contributed by atoms with E-state index in [0.717, 1.165) is 55.5 Å². The smallest absolute Gasteiger partial charge is 0.243 e. The average Bonchev–Trinajstić information content (AvgIpc) is 3.09. The van der Waals surface area contributed by atoms with Crippen molar-refractivity contribution in [1.29, 1.82) is 0 Å². The van der Waals surface area contributed by atoms with E-state index in [1.54, 1.807) is 33.5 Å². The van der Waals surface area contributed by atoms with Gasteiger partial charge in [-0.3, -0.25) is 9.59 Å². The van der Waals surface area contributed by atoms with Crippen LogP contribution >= 0.6 is 0 Å². The van der Waals surface area contributed by atoms with Crippen molar-refractivity contribution in [2.24, 2.45) is 0 Å². The number of nitrogens with one attached hydrogen (secondary N) is 1. The van der Waals surface area contributed by atoms with Gasteiger partial charge in [0.05, 0.1) is 4.90 Å². The molecule has 0 bridgehead atoms. The Morgan fingerprint density at radius 2 is 1.47 bits per heavy atom. The lowest BCUT2D eigenvalue weighted by atomic mass is 10.1. The van der Waals surface area contributed by atoms with Crippen molar-refractivity contribution in [2.75, 3.05) is 24.5 Å². The van der Waals surface area contributed by atoms with Crippen LogP contribution < -0.4 is 10.2 Å². The SMILES string of the molecule is O=C(CCc1ccc(S(=O)(=O)N2CCCCCC2)cc1)NCc1ccc(N2CCCC2=O)cc1. The first kappa shape index (κ1) is 24.4. The third-order valence-corrected chi connectivity index (χ3v) is 8.49. The van der Waals surface area contributed by atoms with Crippen molar-refractivity contribution in [3.8, 4) is 0 Å². The van der Waals surface area contributed by atoms with Crippen LogP contribution in [0.3, 0.4) is 0 Å². The average molecular weight is 484 g/mol. The van der Waals surface area contributed by atoms with Gasteiger partial charge in [0.15, 0.2) is 0 Å². The van der Waals surface area contributed by atoms with E-state index in [9.17, 15) is 18.0 Å². The van der Waals surface area contributed by atoms with Crippen LogP contribution in [0.2, 0.25) is 0 Å². The molecule has 0 spiro atoms.